The van der Waals surface area contributed by atoms with E-state index in [2.05, 4.69) is 4.74 Å². The molecule has 4 rings (SSSR count). The van der Waals surface area contributed by atoms with Crippen LogP contribution >= 0.6 is 11.6 Å². The maximum atomic E-state index is 13.3. The average molecular weight is 534 g/mol. The van der Waals surface area contributed by atoms with Gasteiger partial charge in [-0.3, -0.25) is 14.5 Å². The van der Waals surface area contributed by atoms with Crippen molar-refractivity contribution in [1.82, 2.24) is 0 Å². The Morgan fingerprint density at radius 3 is 2.27 bits per heavy atom. The summed E-state index contributed by atoms with van der Waals surface area (Å²) in [6.45, 7) is 0. The van der Waals surface area contributed by atoms with Gasteiger partial charge in [0.15, 0.2) is 0 Å². The molecule has 37 heavy (non-hydrogen) atoms. The molecule has 7 nitrogen and oxygen atoms in total. The van der Waals surface area contributed by atoms with Gasteiger partial charge in [0.2, 0.25) is 0 Å². The molecular formula is C26H19ClF3NO6. The standard InChI is InChI=1S/C26H19ClF3NO6/c1-35-17-9-6-14(7-10-17)22-21(23(32)19-12-15(27)8-11-20(19)36-2)24(33)25(34)31(22)16-4-3-5-18(13-16)37-26(28,29)30/h3-13,22,32H,1-2H3/b23-21+. The van der Waals surface area contributed by atoms with E-state index in [0.29, 0.717) is 11.3 Å². The molecule has 0 bridgehead atoms. The van der Waals surface area contributed by atoms with Crippen LogP contribution in [0.4, 0.5) is 18.9 Å². The lowest BCUT2D eigenvalue weighted by Gasteiger charge is -2.26. The number of Topliss-reactive ketones (excluding diaryl/α,β-unsaturated/α-hetero) is 1. The number of benzene rings is 3. The molecule has 3 aromatic rings. The number of aliphatic hydroxyl groups excluding tert-OH is 1. The number of hydrogen-bond acceptors (Lipinski definition) is 6. The van der Waals surface area contributed by atoms with Crippen LogP contribution < -0.4 is 19.1 Å². The van der Waals surface area contributed by atoms with Gasteiger partial charge in [-0.25, -0.2) is 0 Å². The van der Waals surface area contributed by atoms with Crippen molar-refractivity contribution in [3.8, 4) is 17.2 Å². The molecule has 1 fully saturated rings. The molecule has 1 N–H and O–H groups in total. The van der Waals surface area contributed by atoms with E-state index in [4.69, 9.17) is 21.1 Å². The van der Waals surface area contributed by atoms with Gasteiger partial charge in [0, 0.05) is 16.8 Å². The smallest absolute Gasteiger partial charge is 0.507 e. The van der Waals surface area contributed by atoms with Crippen LogP contribution in [0.2, 0.25) is 5.02 Å². The first-order valence-corrected chi connectivity index (χ1v) is 11.1. The number of hydrogen-bond donors (Lipinski definition) is 1. The summed E-state index contributed by atoms with van der Waals surface area (Å²) in [6.07, 6.45) is -4.97. The molecule has 1 aliphatic rings. The Bertz CT molecular complexity index is 1390. The zero-order valence-corrected chi connectivity index (χ0v) is 20.1. The number of ketones is 1. The summed E-state index contributed by atoms with van der Waals surface area (Å²) in [6, 6.07) is 14.1. The first-order valence-electron chi connectivity index (χ1n) is 10.7. The number of alkyl halides is 3. The lowest BCUT2D eigenvalue weighted by molar-refractivity contribution is -0.274. The predicted molar refractivity (Wildman–Crippen MR) is 129 cm³/mol. The van der Waals surface area contributed by atoms with Gasteiger partial charge < -0.3 is 19.3 Å². The van der Waals surface area contributed by atoms with Crippen LogP contribution in [0, 0.1) is 0 Å². The van der Waals surface area contributed by atoms with E-state index in [0.717, 1.165) is 17.0 Å². The molecule has 3 aromatic carbocycles. The van der Waals surface area contributed by atoms with E-state index in [1.165, 1.54) is 44.6 Å². The Morgan fingerprint density at radius 2 is 1.65 bits per heavy atom. The molecule has 1 saturated heterocycles. The average Bonchev–Trinajstić information content (AvgIpc) is 3.13. The second-order valence-electron chi connectivity index (χ2n) is 7.83. The van der Waals surface area contributed by atoms with Crippen molar-refractivity contribution in [2.75, 3.05) is 19.1 Å². The topological polar surface area (TPSA) is 85.3 Å². The Hall–Kier alpha value is -4.18. The number of ether oxygens (including phenoxy) is 3. The lowest BCUT2D eigenvalue weighted by Crippen LogP contribution is -2.29. The summed E-state index contributed by atoms with van der Waals surface area (Å²) >= 11 is 6.10. The van der Waals surface area contributed by atoms with Crippen LogP contribution in [0.1, 0.15) is 17.2 Å². The Morgan fingerprint density at radius 1 is 0.946 bits per heavy atom. The third kappa shape index (κ3) is 5.19. The van der Waals surface area contributed by atoms with Crippen molar-refractivity contribution in [2.24, 2.45) is 0 Å². The third-order valence-electron chi connectivity index (χ3n) is 5.62. The fourth-order valence-electron chi connectivity index (χ4n) is 4.04. The van der Waals surface area contributed by atoms with Crippen LogP contribution in [0.5, 0.6) is 17.2 Å². The number of methoxy groups -OCH3 is 2. The van der Waals surface area contributed by atoms with Crippen LogP contribution in [-0.4, -0.2) is 37.4 Å². The molecule has 1 aliphatic heterocycles. The molecule has 1 amide bonds. The summed E-state index contributed by atoms with van der Waals surface area (Å²) in [5, 5.41) is 11.5. The van der Waals surface area contributed by atoms with Crippen LogP contribution in [0.15, 0.2) is 72.3 Å². The highest BCUT2D eigenvalue weighted by Gasteiger charge is 2.47. The molecular weight excluding hydrogens is 515 g/mol. The SMILES string of the molecule is COc1ccc(C2/C(=C(\O)c3cc(Cl)ccc3OC)C(=O)C(=O)N2c2cccc(OC(F)(F)F)c2)cc1. The number of carbonyl (C=O) groups is 2. The highest BCUT2D eigenvalue weighted by molar-refractivity contribution is 6.51. The van der Waals surface area contributed by atoms with Gasteiger partial charge >= 0.3 is 6.36 Å². The predicted octanol–water partition coefficient (Wildman–Crippen LogP) is 5.88. The fourth-order valence-corrected chi connectivity index (χ4v) is 4.21. The number of halogens is 4. The van der Waals surface area contributed by atoms with Gasteiger partial charge in [-0.15, -0.1) is 13.2 Å². The van der Waals surface area contributed by atoms with Crippen LogP contribution in [0.3, 0.4) is 0 Å². The largest absolute Gasteiger partial charge is 0.573 e. The van der Waals surface area contributed by atoms with Gasteiger partial charge in [0.1, 0.15) is 23.0 Å². The van der Waals surface area contributed by atoms with Gasteiger partial charge in [-0.1, -0.05) is 29.8 Å². The number of amides is 1. The van der Waals surface area contributed by atoms with E-state index in [1.54, 1.807) is 24.3 Å². The van der Waals surface area contributed by atoms with E-state index >= 15 is 0 Å². The Labute approximate surface area is 214 Å². The van der Waals surface area contributed by atoms with Crippen molar-refractivity contribution in [2.45, 2.75) is 12.4 Å². The summed E-state index contributed by atoms with van der Waals surface area (Å²) in [5.74, 6) is -2.60. The Balaban J connectivity index is 1.94. The summed E-state index contributed by atoms with van der Waals surface area (Å²) in [7, 11) is 2.81. The molecule has 1 atom stereocenters. The molecule has 0 aliphatic carbocycles. The second kappa shape index (κ2) is 10.1. The zero-order chi connectivity index (χ0) is 26.9. The van der Waals surface area contributed by atoms with E-state index in [-0.39, 0.29) is 27.6 Å². The second-order valence-corrected chi connectivity index (χ2v) is 8.27. The fraction of sp³-hybridized carbons (Fsp3) is 0.154. The molecule has 11 heteroatoms. The van der Waals surface area contributed by atoms with Gasteiger partial charge in [-0.2, -0.15) is 0 Å². The van der Waals surface area contributed by atoms with E-state index < -0.39 is 35.6 Å². The summed E-state index contributed by atoms with van der Waals surface area (Å²) < 4.78 is 52.9. The number of aliphatic hydroxyl groups is 1. The normalized spacial score (nSPS) is 17.1. The lowest BCUT2D eigenvalue weighted by atomic mass is 9.94. The molecule has 0 radical (unpaired) electrons. The molecule has 0 spiro atoms. The highest BCUT2D eigenvalue weighted by Crippen LogP contribution is 2.44. The molecule has 1 heterocycles. The molecule has 0 aromatic heterocycles. The van der Waals surface area contributed by atoms with E-state index in [9.17, 15) is 27.9 Å². The molecule has 0 saturated carbocycles. The zero-order valence-electron chi connectivity index (χ0n) is 19.4. The minimum Gasteiger partial charge on any atom is -0.507 e. The monoisotopic (exact) mass is 533 g/mol. The van der Waals surface area contributed by atoms with Crippen molar-refractivity contribution < 1.29 is 42.1 Å². The minimum atomic E-state index is -4.97. The summed E-state index contributed by atoms with van der Waals surface area (Å²) in [4.78, 5) is 27.5. The number of rotatable bonds is 6. The summed E-state index contributed by atoms with van der Waals surface area (Å²) in [5.41, 5.74) is 0.0741. The molecule has 1 unspecified atom stereocenters. The first-order chi connectivity index (χ1) is 17.5. The maximum Gasteiger partial charge on any atom is 0.573 e. The van der Waals surface area contributed by atoms with Crippen LogP contribution in [-0.2, 0) is 9.59 Å². The third-order valence-corrected chi connectivity index (χ3v) is 5.86. The van der Waals surface area contributed by atoms with Crippen molar-refractivity contribution in [1.29, 1.82) is 0 Å². The number of nitrogens with zero attached hydrogens (tertiary/aromatic N) is 1. The van der Waals surface area contributed by atoms with Crippen molar-refractivity contribution in [3.05, 3.63) is 88.5 Å². The highest BCUT2D eigenvalue weighted by atomic mass is 35.5. The van der Waals surface area contributed by atoms with Gasteiger partial charge in [0.25, 0.3) is 11.7 Å². The van der Waals surface area contributed by atoms with E-state index in [1.807, 2.05) is 0 Å². The Kier molecular flexibility index (Phi) is 7.04. The number of carbonyl (C=O) groups excluding carboxylic acids is 2. The molecule has 192 valence electrons. The van der Waals surface area contributed by atoms with Gasteiger partial charge in [0.05, 0.1) is 31.4 Å². The minimum absolute atomic E-state index is 0.0539. The quantitative estimate of drug-likeness (QED) is 0.242. The first kappa shape index (κ1) is 25.9. The maximum absolute atomic E-state index is 13.3. The van der Waals surface area contributed by atoms with Crippen LogP contribution in [0.25, 0.3) is 5.76 Å². The van der Waals surface area contributed by atoms with Gasteiger partial charge in [-0.05, 0) is 48.0 Å². The number of anilines is 1. The van der Waals surface area contributed by atoms with Crippen molar-refractivity contribution >= 4 is 34.7 Å². The van der Waals surface area contributed by atoms with Crippen molar-refractivity contribution in [3.63, 3.8) is 0 Å².